The van der Waals surface area contributed by atoms with Gasteiger partial charge in [-0.3, -0.25) is 9.69 Å². The number of carbonyl (C=O) groups is 2. The Kier molecular flexibility index (Phi) is 9.73. The van der Waals surface area contributed by atoms with Crippen molar-refractivity contribution in [2.75, 3.05) is 40.0 Å². The first-order valence-corrected chi connectivity index (χ1v) is 16.6. The SMILES string of the molecule is COc1cccc(OCCN(C(=O)C2=C(c3ccc(CCOc4c(C)ccc(C)c4C)cc3)C[C@@H]3CNC[C@H]2N3C(=O)O)C2CC2)c1. The Labute approximate surface area is 277 Å². The second-order valence-corrected chi connectivity index (χ2v) is 12.8. The highest BCUT2D eigenvalue weighted by molar-refractivity contribution is 6.04. The van der Waals surface area contributed by atoms with Gasteiger partial charge in [0.2, 0.25) is 0 Å². The van der Waals surface area contributed by atoms with Crippen LogP contribution in [0.3, 0.4) is 0 Å². The standard InChI is InChI=1S/C38H45N3O6/c1-24-8-9-25(2)36(26(24)3)47-18-16-27-10-12-28(13-11-27)33-20-30-22-39-23-34(41(30)38(43)44)35(33)37(42)40(29-14-15-29)17-19-46-32-7-5-6-31(21-32)45-4/h5-13,21,29-30,34,39H,14-20,22-23H2,1-4H3,(H,43,44)/t30-,34-/m1/s1. The summed E-state index contributed by atoms with van der Waals surface area (Å²) >= 11 is 0. The highest BCUT2D eigenvalue weighted by atomic mass is 16.5. The van der Waals surface area contributed by atoms with Gasteiger partial charge in [-0.2, -0.15) is 0 Å². The normalized spacial score (nSPS) is 18.9. The predicted molar refractivity (Wildman–Crippen MR) is 181 cm³/mol. The highest BCUT2D eigenvalue weighted by Gasteiger charge is 2.46. The number of hydrogen-bond donors (Lipinski definition) is 2. The Hall–Kier alpha value is -4.50. The summed E-state index contributed by atoms with van der Waals surface area (Å²) in [5, 5.41) is 13.6. The molecule has 2 atom stereocenters. The number of carboxylic acid groups (broad SMARTS) is 1. The lowest BCUT2D eigenvalue weighted by Crippen LogP contribution is -2.63. The molecule has 3 aliphatic rings. The Morgan fingerprint density at radius 3 is 2.40 bits per heavy atom. The van der Waals surface area contributed by atoms with Crippen molar-refractivity contribution in [3.63, 3.8) is 0 Å². The number of amides is 2. The molecule has 1 saturated heterocycles. The molecule has 1 aliphatic carbocycles. The molecule has 248 valence electrons. The van der Waals surface area contributed by atoms with Crippen molar-refractivity contribution in [1.82, 2.24) is 15.1 Å². The lowest BCUT2D eigenvalue weighted by atomic mass is 9.81. The molecule has 6 rings (SSSR count). The predicted octanol–water partition coefficient (Wildman–Crippen LogP) is 5.79. The quantitative estimate of drug-likeness (QED) is 0.259. The average molecular weight is 640 g/mol. The van der Waals surface area contributed by atoms with Crippen molar-refractivity contribution >= 4 is 17.6 Å². The zero-order valence-corrected chi connectivity index (χ0v) is 27.8. The first kappa shape index (κ1) is 32.4. The second-order valence-electron chi connectivity index (χ2n) is 12.8. The van der Waals surface area contributed by atoms with Gasteiger partial charge in [-0.25, -0.2) is 4.79 Å². The smallest absolute Gasteiger partial charge is 0.408 e. The molecule has 2 heterocycles. The van der Waals surface area contributed by atoms with E-state index in [0.717, 1.165) is 47.3 Å². The van der Waals surface area contributed by atoms with Crippen LogP contribution >= 0.6 is 0 Å². The van der Waals surface area contributed by atoms with Crippen molar-refractivity contribution in [3.8, 4) is 17.2 Å². The molecule has 47 heavy (non-hydrogen) atoms. The number of aryl methyl sites for hydroxylation is 2. The van der Waals surface area contributed by atoms with E-state index in [-0.39, 0.29) is 18.0 Å². The Bertz CT molecular complexity index is 1650. The van der Waals surface area contributed by atoms with Gasteiger partial charge in [0.1, 0.15) is 23.9 Å². The molecule has 9 heteroatoms. The van der Waals surface area contributed by atoms with Crippen LogP contribution in [0.2, 0.25) is 0 Å². The number of benzene rings is 3. The maximum absolute atomic E-state index is 14.5. The van der Waals surface area contributed by atoms with Crippen molar-refractivity contribution in [2.24, 2.45) is 0 Å². The van der Waals surface area contributed by atoms with Gasteiger partial charge in [-0.1, -0.05) is 42.5 Å². The minimum absolute atomic E-state index is 0.100. The summed E-state index contributed by atoms with van der Waals surface area (Å²) in [5.74, 6) is 2.24. The first-order chi connectivity index (χ1) is 22.7. The lowest BCUT2D eigenvalue weighted by molar-refractivity contribution is -0.129. The molecule has 0 unspecified atom stereocenters. The van der Waals surface area contributed by atoms with Crippen LogP contribution in [0.25, 0.3) is 5.57 Å². The van der Waals surface area contributed by atoms with Crippen LogP contribution < -0.4 is 19.5 Å². The van der Waals surface area contributed by atoms with Gasteiger partial charge in [0, 0.05) is 37.2 Å². The van der Waals surface area contributed by atoms with Gasteiger partial charge in [-0.05, 0) is 85.6 Å². The van der Waals surface area contributed by atoms with Crippen LogP contribution in [0.15, 0.2) is 66.2 Å². The van der Waals surface area contributed by atoms with E-state index in [9.17, 15) is 14.7 Å². The zero-order chi connectivity index (χ0) is 33.1. The summed E-state index contributed by atoms with van der Waals surface area (Å²) < 4.78 is 17.5. The van der Waals surface area contributed by atoms with E-state index in [0.29, 0.717) is 56.3 Å². The largest absolute Gasteiger partial charge is 0.497 e. The number of rotatable bonds is 12. The van der Waals surface area contributed by atoms with E-state index >= 15 is 0 Å². The molecule has 9 nitrogen and oxygen atoms in total. The molecular formula is C38H45N3O6. The topological polar surface area (TPSA) is 101 Å². The molecule has 2 bridgehead atoms. The molecule has 0 spiro atoms. The fourth-order valence-corrected chi connectivity index (χ4v) is 6.87. The maximum atomic E-state index is 14.5. The summed E-state index contributed by atoms with van der Waals surface area (Å²) in [6, 6.07) is 19.3. The average Bonchev–Trinajstić information content (AvgIpc) is 3.91. The van der Waals surface area contributed by atoms with E-state index in [1.807, 2.05) is 29.2 Å². The van der Waals surface area contributed by atoms with Gasteiger partial charge in [0.25, 0.3) is 5.91 Å². The van der Waals surface area contributed by atoms with E-state index in [2.05, 4.69) is 62.5 Å². The summed E-state index contributed by atoms with van der Waals surface area (Å²) in [7, 11) is 1.61. The van der Waals surface area contributed by atoms with Gasteiger partial charge in [0.05, 0.1) is 32.3 Å². The van der Waals surface area contributed by atoms with Crippen LogP contribution in [0.1, 0.15) is 47.1 Å². The van der Waals surface area contributed by atoms with Crippen LogP contribution in [-0.2, 0) is 11.2 Å². The summed E-state index contributed by atoms with van der Waals surface area (Å²) in [5.41, 5.74) is 7.14. The van der Waals surface area contributed by atoms with Crippen molar-refractivity contribution in [1.29, 1.82) is 0 Å². The van der Waals surface area contributed by atoms with E-state index in [4.69, 9.17) is 14.2 Å². The van der Waals surface area contributed by atoms with Crippen molar-refractivity contribution in [3.05, 3.63) is 94.1 Å². The fourth-order valence-electron chi connectivity index (χ4n) is 6.87. The maximum Gasteiger partial charge on any atom is 0.408 e. The van der Waals surface area contributed by atoms with E-state index in [1.165, 1.54) is 16.0 Å². The van der Waals surface area contributed by atoms with Crippen molar-refractivity contribution < 1.29 is 28.9 Å². The van der Waals surface area contributed by atoms with Crippen LogP contribution in [0.4, 0.5) is 4.79 Å². The fraction of sp³-hybridized carbons (Fsp3) is 0.421. The minimum Gasteiger partial charge on any atom is -0.497 e. The summed E-state index contributed by atoms with van der Waals surface area (Å²) in [6.07, 6.45) is 2.10. The Morgan fingerprint density at radius 1 is 0.936 bits per heavy atom. The molecule has 3 aromatic carbocycles. The zero-order valence-electron chi connectivity index (χ0n) is 27.8. The number of nitrogens with zero attached hydrogens (tertiary/aromatic N) is 2. The third kappa shape index (κ3) is 7.10. The molecular weight excluding hydrogens is 594 g/mol. The number of nitrogens with one attached hydrogen (secondary N) is 1. The molecule has 2 fully saturated rings. The molecule has 0 radical (unpaired) electrons. The van der Waals surface area contributed by atoms with Gasteiger partial charge >= 0.3 is 6.09 Å². The van der Waals surface area contributed by atoms with E-state index < -0.39 is 12.1 Å². The number of hydrogen-bond acceptors (Lipinski definition) is 6. The number of piperazine rings is 1. The van der Waals surface area contributed by atoms with Crippen molar-refractivity contribution in [2.45, 2.75) is 64.6 Å². The highest BCUT2D eigenvalue weighted by Crippen LogP contribution is 2.39. The number of fused-ring (bicyclic) bond motifs is 2. The lowest BCUT2D eigenvalue weighted by Gasteiger charge is -2.47. The molecule has 2 N–H and O–H groups in total. The summed E-state index contributed by atoms with van der Waals surface area (Å²) in [6.45, 7) is 8.52. The molecule has 0 aromatic heterocycles. The summed E-state index contributed by atoms with van der Waals surface area (Å²) in [4.78, 5) is 30.4. The Morgan fingerprint density at radius 2 is 1.68 bits per heavy atom. The van der Waals surface area contributed by atoms with Crippen LogP contribution in [0.5, 0.6) is 17.2 Å². The van der Waals surface area contributed by atoms with Crippen LogP contribution in [-0.4, -0.2) is 85.0 Å². The number of ether oxygens (including phenoxy) is 3. The van der Waals surface area contributed by atoms with E-state index in [1.54, 1.807) is 7.11 Å². The molecule has 1 saturated carbocycles. The van der Waals surface area contributed by atoms with Gasteiger partial charge in [0.15, 0.2) is 0 Å². The molecule has 2 aliphatic heterocycles. The molecule has 3 aromatic rings. The molecule has 2 amide bonds. The minimum atomic E-state index is -0.986. The third-order valence-electron chi connectivity index (χ3n) is 9.70. The number of methoxy groups -OCH3 is 1. The van der Waals surface area contributed by atoms with Crippen LogP contribution in [0, 0.1) is 20.8 Å². The monoisotopic (exact) mass is 639 g/mol. The Balaban J connectivity index is 1.23. The first-order valence-electron chi connectivity index (χ1n) is 16.6. The second kappa shape index (κ2) is 14.1. The van der Waals surface area contributed by atoms with Gasteiger partial charge < -0.3 is 29.5 Å². The third-order valence-corrected chi connectivity index (χ3v) is 9.70. The number of carbonyl (C=O) groups excluding carboxylic acids is 1. The van der Waals surface area contributed by atoms with Gasteiger partial charge in [-0.15, -0.1) is 0 Å².